The van der Waals surface area contributed by atoms with E-state index in [1.807, 2.05) is 0 Å². The standard InChI is InChI=1S/C21H33N9O7/c22-12(3-1-5-26-21(23)24)19(35)30-6-2-4-15(30)18(34)28-13(7-11-9-25-10-27-11)17(33)29-14(20(36)37)8-16(31)32/h9-10,12-15H,1-8,22H2,(H,25,27)(H,28,34)(H,29,33)(H,31,32)(H,36,37)(H4,23,24,26). The summed E-state index contributed by atoms with van der Waals surface area (Å²) in [5, 5.41) is 22.9. The average molecular weight is 524 g/mol. The molecule has 2 rings (SSSR count). The van der Waals surface area contributed by atoms with Gasteiger partial charge in [-0.1, -0.05) is 0 Å². The van der Waals surface area contributed by atoms with Crippen molar-refractivity contribution in [3.63, 3.8) is 0 Å². The number of aromatic amines is 1. The molecule has 0 saturated carbocycles. The Morgan fingerprint density at radius 2 is 1.92 bits per heavy atom. The molecule has 0 spiro atoms. The number of carboxylic acids is 2. The van der Waals surface area contributed by atoms with Gasteiger partial charge in [0.05, 0.1) is 18.8 Å². The maximum atomic E-state index is 13.2. The van der Waals surface area contributed by atoms with Crippen molar-refractivity contribution in [3.05, 3.63) is 18.2 Å². The van der Waals surface area contributed by atoms with E-state index in [1.165, 1.54) is 17.4 Å². The van der Waals surface area contributed by atoms with Crippen molar-refractivity contribution >= 4 is 35.6 Å². The van der Waals surface area contributed by atoms with Crippen molar-refractivity contribution in [2.45, 2.75) is 62.7 Å². The van der Waals surface area contributed by atoms with E-state index < -0.39 is 60.2 Å². The summed E-state index contributed by atoms with van der Waals surface area (Å²) < 4.78 is 0. The first-order chi connectivity index (χ1) is 17.5. The van der Waals surface area contributed by atoms with Gasteiger partial charge >= 0.3 is 11.9 Å². The van der Waals surface area contributed by atoms with Crippen LogP contribution in [0.4, 0.5) is 0 Å². The molecule has 16 heteroatoms. The largest absolute Gasteiger partial charge is 0.481 e. The number of nitrogens with one attached hydrogen (secondary N) is 3. The van der Waals surface area contributed by atoms with Gasteiger partial charge in [0.15, 0.2) is 5.96 Å². The Bertz CT molecular complexity index is 995. The molecule has 1 saturated heterocycles. The Labute approximate surface area is 212 Å². The van der Waals surface area contributed by atoms with Gasteiger partial charge in [-0.25, -0.2) is 9.78 Å². The van der Waals surface area contributed by atoms with E-state index >= 15 is 0 Å². The molecule has 1 aromatic rings. The molecule has 1 aliphatic rings. The van der Waals surface area contributed by atoms with Gasteiger partial charge in [0.25, 0.3) is 0 Å². The maximum Gasteiger partial charge on any atom is 0.326 e. The minimum atomic E-state index is -1.70. The number of aliphatic carboxylic acids is 2. The molecule has 11 N–H and O–H groups in total. The topological polar surface area (TPSA) is 272 Å². The SMILES string of the molecule is NC(N)=NCCCC(N)C(=O)N1CCCC1C(=O)NC(Cc1cnc[nH]1)C(=O)NC(CC(=O)O)C(=O)O. The zero-order chi connectivity index (χ0) is 27.5. The number of H-pyrrole nitrogens is 1. The number of aromatic nitrogens is 2. The van der Waals surface area contributed by atoms with Crippen LogP contribution in [0.15, 0.2) is 17.5 Å². The molecule has 1 aromatic heterocycles. The second-order valence-corrected chi connectivity index (χ2v) is 8.58. The highest BCUT2D eigenvalue weighted by atomic mass is 16.4. The summed E-state index contributed by atoms with van der Waals surface area (Å²) in [4.78, 5) is 73.2. The lowest BCUT2D eigenvalue weighted by Crippen LogP contribution is -2.57. The van der Waals surface area contributed by atoms with Crippen molar-refractivity contribution in [1.29, 1.82) is 0 Å². The third kappa shape index (κ3) is 9.06. The normalized spacial score (nSPS) is 17.3. The van der Waals surface area contributed by atoms with Crippen molar-refractivity contribution in [1.82, 2.24) is 25.5 Å². The number of carbonyl (C=O) groups excluding carboxylic acids is 3. The number of nitrogens with two attached hydrogens (primary N) is 3. The van der Waals surface area contributed by atoms with Gasteiger partial charge in [-0.3, -0.25) is 24.2 Å². The molecular weight excluding hydrogens is 490 g/mol. The zero-order valence-corrected chi connectivity index (χ0v) is 20.1. The fourth-order valence-corrected chi connectivity index (χ4v) is 3.90. The van der Waals surface area contributed by atoms with Gasteiger partial charge in [-0.05, 0) is 25.7 Å². The highest BCUT2D eigenvalue weighted by Gasteiger charge is 2.38. The Kier molecular flexibility index (Phi) is 10.8. The van der Waals surface area contributed by atoms with Crippen molar-refractivity contribution in [2.24, 2.45) is 22.2 Å². The van der Waals surface area contributed by atoms with Crippen LogP contribution in [0, 0.1) is 0 Å². The molecular formula is C21H33N9O7. The smallest absolute Gasteiger partial charge is 0.326 e. The van der Waals surface area contributed by atoms with E-state index in [0.717, 1.165) is 0 Å². The quantitative estimate of drug-likeness (QED) is 0.0685. The number of amides is 3. The Hall–Kier alpha value is -4.21. The summed E-state index contributed by atoms with van der Waals surface area (Å²) in [6.07, 6.45) is 3.50. The number of nitrogens with zero attached hydrogens (tertiary/aromatic N) is 3. The van der Waals surface area contributed by atoms with Gasteiger partial charge in [0.1, 0.15) is 18.1 Å². The number of aliphatic imine (C=N–C) groups is 1. The molecule has 16 nitrogen and oxygen atoms in total. The van der Waals surface area contributed by atoms with Crippen LogP contribution in [-0.4, -0.2) is 98.0 Å². The Balaban J connectivity index is 2.09. The van der Waals surface area contributed by atoms with Crippen LogP contribution < -0.4 is 27.8 Å². The molecule has 37 heavy (non-hydrogen) atoms. The van der Waals surface area contributed by atoms with Gasteiger partial charge in [0.2, 0.25) is 17.7 Å². The molecule has 3 amide bonds. The average Bonchev–Trinajstić information content (AvgIpc) is 3.52. The molecule has 0 aromatic carbocycles. The van der Waals surface area contributed by atoms with Gasteiger partial charge < -0.3 is 47.9 Å². The molecule has 204 valence electrons. The monoisotopic (exact) mass is 523 g/mol. The van der Waals surface area contributed by atoms with E-state index in [0.29, 0.717) is 44.5 Å². The predicted octanol–water partition coefficient (Wildman–Crippen LogP) is -3.15. The lowest BCUT2D eigenvalue weighted by molar-refractivity contribution is -0.147. The van der Waals surface area contributed by atoms with Crippen LogP contribution in [0.2, 0.25) is 0 Å². The summed E-state index contributed by atoms with van der Waals surface area (Å²) in [7, 11) is 0. The first-order valence-electron chi connectivity index (χ1n) is 11.6. The summed E-state index contributed by atoms with van der Waals surface area (Å²) in [5.41, 5.74) is 17.0. The first kappa shape index (κ1) is 29.0. The summed E-state index contributed by atoms with van der Waals surface area (Å²) >= 11 is 0. The fourth-order valence-electron chi connectivity index (χ4n) is 3.90. The summed E-state index contributed by atoms with van der Waals surface area (Å²) in [6, 6.07) is -4.73. The molecule has 1 fully saturated rings. The van der Waals surface area contributed by atoms with Crippen molar-refractivity contribution < 1.29 is 34.2 Å². The maximum absolute atomic E-state index is 13.2. The molecule has 4 unspecified atom stereocenters. The third-order valence-corrected chi connectivity index (χ3v) is 5.73. The molecule has 0 bridgehead atoms. The summed E-state index contributed by atoms with van der Waals surface area (Å²) in [6.45, 7) is 0.604. The number of likely N-dealkylation sites (tertiary alicyclic amines) is 1. The Morgan fingerprint density at radius 1 is 1.19 bits per heavy atom. The van der Waals surface area contributed by atoms with Crippen LogP contribution in [0.3, 0.4) is 0 Å². The van der Waals surface area contributed by atoms with Crippen LogP contribution in [0.25, 0.3) is 0 Å². The fraction of sp³-hybridized carbons (Fsp3) is 0.571. The number of hydrogen-bond acceptors (Lipinski definition) is 8. The van der Waals surface area contributed by atoms with E-state index in [4.69, 9.17) is 22.3 Å². The number of carbonyl (C=O) groups is 5. The van der Waals surface area contributed by atoms with Gasteiger partial charge in [-0.2, -0.15) is 0 Å². The van der Waals surface area contributed by atoms with E-state index in [9.17, 15) is 29.1 Å². The van der Waals surface area contributed by atoms with Gasteiger partial charge in [0, 0.05) is 31.4 Å². The number of guanidine groups is 1. The number of imidazole rings is 1. The molecule has 0 aliphatic carbocycles. The van der Waals surface area contributed by atoms with Gasteiger partial charge in [-0.15, -0.1) is 0 Å². The van der Waals surface area contributed by atoms with E-state index in [-0.39, 0.29) is 12.4 Å². The summed E-state index contributed by atoms with van der Waals surface area (Å²) in [5.74, 6) is -4.97. The van der Waals surface area contributed by atoms with E-state index in [2.05, 4.69) is 25.6 Å². The van der Waals surface area contributed by atoms with Crippen LogP contribution in [0.5, 0.6) is 0 Å². The molecule has 1 aliphatic heterocycles. The highest BCUT2D eigenvalue weighted by molar-refractivity contribution is 5.95. The second kappa shape index (κ2) is 13.8. The number of hydrogen-bond donors (Lipinski definition) is 8. The minimum absolute atomic E-state index is 0.0671. The lowest BCUT2D eigenvalue weighted by Gasteiger charge is -2.28. The predicted molar refractivity (Wildman–Crippen MR) is 129 cm³/mol. The molecule has 0 radical (unpaired) electrons. The highest BCUT2D eigenvalue weighted by Crippen LogP contribution is 2.19. The van der Waals surface area contributed by atoms with Crippen LogP contribution in [-0.2, 0) is 30.4 Å². The lowest BCUT2D eigenvalue weighted by atomic mass is 10.1. The number of rotatable bonds is 14. The zero-order valence-electron chi connectivity index (χ0n) is 20.1. The first-order valence-corrected chi connectivity index (χ1v) is 11.6. The Morgan fingerprint density at radius 3 is 2.51 bits per heavy atom. The minimum Gasteiger partial charge on any atom is -0.481 e. The third-order valence-electron chi connectivity index (χ3n) is 5.73. The molecule has 4 atom stereocenters. The van der Waals surface area contributed by atoms with E-state index in [1.54, 1.807) is 0 Å². The van der Waals surface area contributed by atoms with Crippen molar-refractivity contribution in [3.8, 4) is 0 Å². The number of carboxylic acid groups (broad SMARTS) is 2. The second-order valence-electron chi connectivity index (χ2n) is 8.58. The molecule has 2 heterocycles. The van der Waals surface area contributed by atoms with Crippen LogP contribution in [0.1, 0.15) is 37.8 Å². The van der Waals surface area contributed by atoms with Crippen molar-refractivity contribution in [2.75, 3.05) is 13.1 Å². The van der Waals surface area contributed by atoms with Crippen LogP contribution >= 0.6 is 0 Å².